The topological polar surface area (TPSA) is 43.8 Å². The van der Waals surface area contributed by atoms with Crippen LogP contribution in [-0.2, 0) is 0 Å². The Morgan fingerprint density at radius 2 is 2.11 bits per heavy atom. The van der Waals surface area contributed by atoms with Gasteiger partial charge in [0.25, 0.3) is 0 Å². The highest BCUT2D eigenvalue weighted by molar-refractivity contribution is 5.26. The smallest absolute Gasteiger partial charge is 0.0951 e. The molecule has 2 atom stereocenters. The number of nitrogens with two attached hydrogens (primary N) is 1. The van der Waals surface area contributed by atoms with E-state index in [4.69, 9.17) is 5.73 Å². The molecule has 2 rings (SSSR count). The molecule has 94 valence electrons. The molecule has 0 amide bonds. The van der Waals surface area contributed by atoms with Gasteiger partial charge in [-0.1, -0.05) is 36.4 Å². The van der Waals surface area contributed by atoms with Gasteiger partial charge in [-0.05, 0) is 18.9 Å². The predicted molar refractivity (Wildman–Crippen MR) is 74.2 cm³/mol. The number of benzene rings is 1. The molecular formula is C15H19N3. The molecule has 3 nitrogen and oxygen atoms in total. The lowest BCUT2D eigenvalue weighted by Gasteiger charge is -2.19. The fourth-order valence-electron chi connectivity index (χ4n) is 2.11. The summed E-state index contributed by atoms with van der Waals surface area (Å²) in [6, 6.07) is 10.3. The Balaban J connectivity index is 2.29. The van der Waals surface area contributed by atoms with Crippen LogP contribution in [0.5, 0.6) is 0 Å². The second-order valence-electron chi connectivity index (χ2n) is 4.49. The van der Waals surface area contributed by atoms with Gasteiger partial charge < -0.3 is 10.3 Å². The van der Waals surface area contributed by atoms with Gasteiger partial charge in [-0.25, -0.2) is 4.98 Å². The van der Waals surface area contributed by atoms with Crippen molar-refractivity contribution in [1.82, 2.24) is 9.55 Å². The molecule has 1 heterocycles. The van der Waals surface area contributed by atoms with E-state index in [1.54, 1.807) is 0 Å². The Kier molecular flexibility index (Phi) is 3.95. The molecular weight excluding hydrogens is 222 g/mol. The molecule has 1 aromatic heterocycles. The summed E-state index contributed by atoms with van der Waals surface area (Å²) in [5.41, 5.74) is 8.45. The number of imidazole rings is 1. The van der Waals surface area contributed by atoms with Crippen molar-refractivity contribution in [3.05, 3.63) is 66.8 Å². The normalized spacial score (nSPS) is 14.1. The predicted octanol–water partition coefficient (Wildman–Crippen LogP) is 3.07. The number of rotatable bonds is 5. The summed E-state index contributed by atoms with van der Waals surface area (Å²) in [5, 5.41) is 0. The Hall–Kier alpha value is -1.87. The van der Waals surface area contributed by atoms with Gasteiger partial charge in [-0.15, -0.1) is 6.58 Å². The Labute approximate surface area is 108 Å². The first-order chi connectivity index (χ1) is 8.74. The maximum Gasteiger partial charge on any atom is 0.0951 e. The molecule has 18 heavy (non-hydrogen) atoms. The summed E-state index contributed by atoms with van der Waals surface area (Å²) in [6.45, 7) is 5.92. The second kappa shape index (κ2) is 5.65. The fourth-order valence-corrected chi connectivity index (χ4v) is 2.11. The molecule has 0 spiro atoms. The Bertz CT molecular complexity index is 501. The average molecular weight is 241 g/mol. The van der Waals surface area contributed by atoms with Gasteiger partial charge in [0.1, 0.15) is 0 Å². The van der Waals surface area contributed by atoms with Crippen molar-refractivity contribution in [3.63, 3.8) is 0 Å². The van der Waals surface area contributed by atoms with Crippen molar-refractivity contribution in [2.75, 3.05) is 0 Å². The molecule has 0 aliphatic rings. The lowest BCUT2D eigenvalue weighted by Crippen LogP contribution is -2.18. The standard InChI is InChI=1S/C15H19N3/c1-3-7-12(2)18-11-17-10-14(18)15(16)13-8-5-4-6-9-13/h3-6,8-12,15H,1,7,16H2,2H3. The van der Waals surface area contributed by atoms with Crippen LogP contribution >= 0.6 is 0 Å². The summed E-state index contributed by atoms with van der Waals surface area (Å²) >= 11 is 0. The largest absolute Gasteiger partial charge is 0.330 e. The maximum atomic E-state index is 6.31. The van der Waals surface area contributed by atoms with Gasteiger partial charge in [0, 0.05) is 6.04 Å². The van der Waals surface area contributed by atoms with Crippen molar-refractivity contribution in [2.24, 2.45) is 5.73 Å². The molecule has 0 saturated heterocycles. The summed E-state index contributed by atoms with van der Waals surface area (Å²) in [6.07, 6.45) is 6.51. The number of nitrogens with zero attached hydrogens (tertiary/aromatic N) is 2. The zero-order valence-electron chi connectivity index (χ0n) is 10.7. The van der Waals surface area contributed by atoms with Gasteiger partial charge in [0.05, 0.1) is 24.3 Å². The van der Waals surface area contributed by atoms with E-state index in [9.17, 15) is 0 Å². The third-order valence-electron chi connectivity index (χ3n) is 3.16. The molecule has 0 aliphatic heterocycles. The Morgan fingerprint density at radius 1 is 1.39 bits per heavy atom. The SMILES string of the molecule is C=CCC(C)n1cncc1C(N)c1ccccc1. The van der Waals surface area contributed by atoms with Crippen LogP contribution in [0, 0.1) is 0 Å². The van der Waals surface area contributed by atoms with Crippen LogP contribution in [0.4, 0.5) is 0 Å². The van der Waals surface area contributed by atoms with Crippen LogP contribution in [0.1, 0.15) is 36.7 Å². The van der Waals surface area contributed by atoms with Crippen molar-refractivity contribution >= 4 is 0 Å². The highest BCUT2D eigenvalue weighted by Crippen LogP contribution is 2.23. The molecule has 1 aromatic carbocycles. The number of aromatic nitrogens is 2. The van der Waals surface area contributed by atoms with Crippen molar-refractivity contribution in [1.29, 1.82) is 0 Å². The first-order valence-electron chi connectivity index (χ1n) is 6.17. The zero-order valence-corrected chi connectivity index (χ0v) is 10.7. The summed E-state index contributed by atoms with van der Waals surface area (Å²) < 4.78 is 2.12. The fraction of sp³-hybridized carbons (Fsp3) is 0.267. The van der Waals surface area contributed by atoms with Gasteiger partial charge in [0.15, 0.2) is 0 Å². The molecule has 2 unspecified atom stereocenters. The van der Waals surface area contributed by atoms with Crippen LogP contribution in [-0.4, -0.2) is 9.55 Å². The highest BCUT2D eigenvalue weighted by Gasteiger charge is 2.15. The van der Waals surface area contributed by atoms with Gasteiger partial charge in [-0.3, -0.25) is 0 Å². The number of hydrogen-bond acceptors (Lipinski definition) is 2. The highest BCUT2D eigenvalue weighted by atomic mass is 15.1. The van der Waals surface area contributed by atoms with E-state index in [1.165, 1.54) is 0 Å². The van der Waals surface area contributed by atoms with Gasteiger partial charge in [0.2, 0.25) is 0 Å². The van der Waals surface area contributed by atoms with Crippen molar-refractivity contribution < 1.29 is 0 Å². The molecule has 0 aliphatic carbocycles. The van der Waals surface area contributed by atoms with E-state index < -0.39 is 0 Å². The molecule has 0 fully saturated rings. The second-order valence-corrected chi connectivity index (χ2v) is 4.49. The van der Waals surface area contributed by atoms with E-state index in [0.717, 1.165) is 17.7 Å². The van der Waals surface area contributed by atoms with Crippen molar-refractivity contribution in [3.8, 4) is 0 Å². The van der Waals surface area contributed by atoms with Crippen LogP contribution in [0.2, 0.25) is 0 Å². The monoisotopic (exact) mass is 241 g/mol. The quantitative estimate of drug-likeness (QED) is 0.818. The van der Waals surface area contributed by atoms with Gasteiger partial charge in [-0.2, -0.15) is 0 Å². The van der Waals surface area contributed by atoms with Crippen molar-refractivity contribution in [2.45, 2.75) is 25.4 Å². The van der Waals surface area contributed by atoms with E-state index in [1.807, 2.05) is 48.9 Å². The van der Waals surface area contributed by atoms with E-state index in [0.29, 0.717) is 6.04 Å². The zero-order chi connectivity index (χ0) is 13.0. The summed E-state index contributed by atoms with van der Waals surface area (Å²) in [5.74, 6) is 0. The van der Waals surface area contributed by atoms with Gasteiger partial charge >= 0.3 is 0 Å². The van der Waals surface area contributed by atoms with Crippen LogP contribution in [0.15, 0.2) is 55.5 Å². The lowest BCUT2D eigenvalue weighted by molar-refractivity contribution is 0.524. The first kappa shape index (κ1) is 12.6. The van der Waals surface area contributed by atoms with Crippen LogP contribution in [0.3, 0.4) is 0 Å². The maximum absolute atomic E-state index is 6.31. The van der Waals surface area contributed by atoms with E-state index in [2.05, 4.69) is 23.1 Å². The molecule has 3 heteroatoms. The third-order valence-corrected chi connectivity index (χ3v) is 3.16. The van der Waals surface area contributed by atoms with E-state index in [-0.39, 0.29) is 6.04 Å². The lowest BCUT2D eigenvalue weighted by atomic mass is 10.0. The van der Waals surface area contributed by atoms with Crippen LogP contribution in [0.25, 0.3) is 0 Å². The minimum absolute atomic E-state index is 0.138. The number of hydrogen-bond donors (Lipinski definition) is 1. The molecule has 2 aromatic rings. The average Bonchev–Trinajstić information content (AvgIpc) is 2.88. The molecule has 0 radical (unpaired) electrons. The molecule has 0 bridgehead atoms. The minimum Gasteiger partial charge on any atom is -0.330 e. The summed E-state index contributed by atoms with van der Waals surface area (Å²) in [4.78, 5) is 4.22. The number of allylic oxidation sites excluding steroid dienone is 1. The minimum atomic E-state index is -0.138. The van der Waals surface area contributed by atoms with E-state index >= 15 is 0 Å². The Morgan fingerprint density at radius 3 is 2.78 bits per heavy atom. The summed E-state index contributed by atoms with van der Waals surface area (Å²) in [7, 11) is 0. The third kappa shape index (κ3) is 2.51. The van der Waals surface area contributed by atoms with Crippen LogP contribution < -0.4 is 5.73 Å². The first-order valence-corrected chi connectivity index (χ1v) is 6.17. The molecule has 2 N–H and O–H groups in total. The molecule has 0 saturated carbocycles.